The summed E-state index contributed by atoms with van der Waals surface area (Å²) in [6.45, 7) is 12.1. The smallest absolute Gasteiger partial charge is 0.0395 e. The Morgan fingerprint density at radius 1 is 1.00 bits per heavy atom. The predicted octanol–water partition coefficient (Wildman–Crippen LogP) is 3.48. The van der Waals surface area contributed by atoms with E-state index in [1.54, 1.807) is 0 Å². The van der Waals surface area contributed by atoms with Crippen molar-refractivity contribution in [2.45, 2.75) is 27.7 Å². The highest BCUT2D eigenvalue weighted by Gasteiger charge is 1.84. The molecule has 0 aliphatic rings. The molecule has 0 aromatic heterocycles. The summed E-state index contributed by atoms with van der Waals surface area (Å²) in [5.41, 5.74) is 3.71. The minimum atomic E-state index is 1.14. The van der Waals surface area contributed by atoms with Crippen molar-refractivity contribution in [1.29, 1.82) is 0 Å². The van der Waals surface area contributed by atoms with Crippen LogP contribution in [-0.2, 0) is 0 Å². The second-order valence-electron chi connectivity index (χ2n) is 2.87. The molecule has 0 aromatic carbocycles. The highest BCUT2D eigenvalue weighted by Crippen LogP contribution is 2.05. The topological polar surface area (TPSA) is 0 Å². The lowest BCUT2D eigenvalue weighted by Gasteiger charge is -1.94. The van der Waals surface area contributed by atoms with Gasteiger partial charge in [-0.25, -0.2) is 0 Å². The average molecular weight is 136 g/mol. The van der Waals surface area contributed by atoms with Crippen LogP contribution in [0.2, 0.25) is 0 Å². The van der Waals surface area contributed by atoms with Crippen molar-refractivity contribution in [1.82, 2.24) is 0 Å². The van der Waals surface area contributed by atoms with E-state index in [-0.39, 0.29) is 0 Å². The highest BCUT2D eigenvalue weighted by atomic mass is 13.9. The molecule has 0 aromatic rings. The number of hydrogen-bond donors (Lipinski definition) is 0. The van der Waals surface area contributed by atoms with Crippen LogP contribution >= 0.6 is 0 Å². The van der Waals surface area contributed by atoms with Gasteiger partial charge in [-0.2, -0.15) is 0 Å². The zero-order valence-corrected chi connectivity index (χ0v) is 7.36. The van der Waals surface area contributed by atoms with Gasteiger partial charge in [0.1, 0.15) is 0 Å². The number of hydrogen-bond acceptors (Lipinski definition) is 0. The first-order valence-electron chi connectivity index (χ1n) is 3.51. The summed E-state index contributed by atoms with van der Waals surface area (Å²) in [6, 6.07) is 0. The molecule has 0 N–H and O–H groups in total. The van der Waals surface area contributed by atoms with Crippen LogP contribution in [0.5, 0.6) is 0 Å². The molecule has 0 radical (unpaired) electrons. The van der Waals surface area contributed by atoms with E-state index < -0.39 is 0 Å². The van der Waals surface area contributed by atoms with E-state index in [4.69, 9.17) is 0 Å². The van der Waals surface area contributed by atoms with Crippen molar-refractivity contribution in [3.05, 3.63) is 35.5 Å². The molecule has 10 heavy (non-hydrogen) atoms. The lowest BCUT2D eigenvalue weighted by Crippen LogP contribution is -1.74. The van der Waals surface area contributed by atoms with E-state index in [1.165, 1.54) is 11.1 Å². The van der Waals surface area contributed by atoms with Gasteiger partial charge in [-0.1, -0.05) is 29.9 Å². The summed E-state index contributed by atoms with van der Waals surface area (Å²) >= 11 is 0. The van der Waals surface area contributed by atoms with Crippen LogP contribution in [0.15, 0.2) is 35.5 Å². The molecule has 56 valence electrons. The first-order valence-corrected chi connectivity index (χ1v) is 3.51. The normalized spacial score (nSPS) is 11.0. The van der Waals surface area contributed by atoms with Crippen molar-refractivity contribution >= 4 is 0 Å². The quantitative estimate of drug-likeness (QED) is 0.510. The van der Waals surface area contributed by atoms with Gasteiger partial charge in [0.05, 0.1) is 0 Å². The van der Waals surface area contributed by atoms with Gasteiger partial charge in [0.25, 0.3) is 0 Å². The van der Waals surface area contributed by atoms with Crippen molar-refractivity contribution in [2.24, 2.45) is 0 Å². The maximum absolute atomic E-state index is 3.84. The minimum absolute atomic E-state index is 1.14. The fourth-order valence-electron chi connectivity index (χ4n) is 0.434. The predicted molar refractivity (Wildman–Crippen MR) is 48.0 cm³/mol. The van der Waals surface area contributed by atoms with Crippen LogP contribution in [0.25, 0.3) is 0 Å². The molecular weight excluding hydrogens is 120 g/mol. The van der Waals surface area contributed by atoms with Gasteiger partial charge < -0.3 is 0 Å². The first kappa shape index (κ1) is 9.22. The van der Waals surface area contributed by atoms with Crippen LogP contribution in [0.1, 0.15) is 27.7 Å². The monoisotopic (exact) mass is 136 g/mol. The maximum Gasteiger partial charge on any atom is -0.0395 e. The Balaban J connectivity index is 4.19. The highest BCUT2D eigenvalue weighted by molar-refractivity contribution is 5.28. The van der Waals surface area contributed by atoms with E-state index in [0.29, 0.717) is 0 Å². The Bertz CT molecular complexity index is 176. The standard InChI is InChI=1S/C10H16/c1-8(2)6-7-10(5)9(3)4/h6-7H,3H2,1-2,4-5H3/b10-7+. The van der Waals surface area contributed by atoms with Crippen molar-refractivity contribution < 1.29 is 0 Å². The zero-order valence-electron chi connectivity index (χ0n) is 7.36. The van der Waals surface area contributed by atoms with Crippen LogP contribution in [0.4, 0.5) is 0 Å². The lowest BCUT2D eigenvalue weighted by molar-refractivity contribution is 1.34. The SMILES string of the molecule is C=C(C)/C(C)=C/C=C(C)C. The van der Waals surface area contributed by atoms with Crippen LogP contribution in [0.3, 0.4) is 0 Å². The average Bonchev–Trinajstić information content (AvgIpc) is 1.82. The molecule has 0 bridgehead atoms. The molecule has 0 amide bonds. The minimum Gasteiger partial charge on any atom is -0.0958 e. The summed E-state index contributed by atoms with van der Waals surface area (Å²) in [4.78, 5) is 0. The van der Waals surface area contributed by atoms with Gasteiger partial charge >= 0.3 is 0 Å². The Hall–Kier alpha value is -0.780. The molecule has 0 fully saturated rings. The van der Waals surface area contributed by atoms with Gasteiger partial charge in [-0.05, 0) is 33.3 Å². The van der Waals surface area contributed by atoms with E-state index in [9.17, 15) is 0 Å². The Morgan fingerprint density at radius 3 is 1.80 bits per heavy atom. The Kier molecular flexibility index (Phi) is 3.78. The van der Waals surface area contributed by atoms with Crippen LogP contribution < -0.4 is 0 Å². The Labute approximate surface area is 64.0 Å². The number of rotatable bonds is 2. The lowest BCUT2D eigenvalue weighted by atomic mass is 10.1. The van der Waals surface area contributed by atoms with Gasteiger partial charge in [0.15, 0.2) is 0 Å². The summed E-state index contributed by atoms with van der Waals surface area (Å²) in [7, 11) is 0. The third-order valence-corrected chi connectivity index (χ3v) is 1.34. The van der Waals surface area contributed by atoms with E-state index in [1.807, 2.05) is 6.92 Å². The zero-order chi connectivity index (χ0) is 8.15. The fraction of sp³-hybridized carbons (Fsp3) is 0.400. The van der Waals surface area contributed by atoms with Crippen LogP contribution in [-0.4, -0.2) is 0 Å². The molecule has 0 aliphatic heterocycles. The number of allylic oxidation sites excluding steroid dienone is 5. The Morgan fingerprint density at radius 2 is 1.50 bits per heavy atom. The molecule has 0 saturated carbocycles. The summed E-state index contributed by atoms with van der Waals surface area (Å²) < 4.78 is 0. The molecule has 0 nitrogen and oxygen atoms in total. The molecule has 0 atom stereocenters. The molecule has 0 heterocycles. The summed E-state index contributed by atoms with van der Waals surface area (Å²) in [5.74, 6) is 0. The van der Waals surface area contributed by atoms with Gasteiger partial charge in [0.2, 0.25) is 0 Å². The maximum atomic E-state index is 3.84. The van der Waals surface area contributed by atoms with Gasteiger partial charge in [-0.15, -0.1) is 0 Å². The summed E-state index contributed by atoms with van der Waals surface area (Å²) in [6.07, 6.45) is 4.20. The second kappa shape index (κ2) is 4.10. The third-order valence-electron chi connectivity index (χ3n) is 1.34. The molecule has 0 rings (SSSR count). The molecule has 0 heteroatoms. The summed E-state index contributed by atoms with van der Waals surface area (Å²) in [5, 5.41) is 0. The third kappa shape index (κ3) is 4.13. The molecule has 0 saturated heterocycles. The molecular formula is C10H16. The first-order chi connectivity index (χ1) is 4.54. The van der Waals surface area contributed by atoms with E-state index >= 15 is 0 Å². The van der Waals surface area contributed by atoms with Crippen molar-refractivity contribution in [3.8, 4) is 0 Å². The second-order valence-corrected chi connectivity index (χ2v) is 2.87. The van der Waals surface area contributed by atoms with Gasteiger partial charge in [0, 0.05) is 0 Å². The molecule has 0 aliphatic carbocycles. The molecule has 0 spiro atoms. The fourth-order valence-corrected chi connectivity index (χ4v) is 0.434. The van der Waals surface area contributed by atoms with E-state index in [2.05, 4.69) is 39.5 Å². The van der Waals surface area contributed by atoms with Gasteiger partial charge in [-0.3, -0.25) is 0 Å². The van der Waals surface area contributed by atoms with E-state index in [0.717, 1.165) is 5.57 Å². The molecule has 0 unspecified atom stereocenters. The van der Waals surface area contributed by atoms with Crippen molar-refractivity contribution in [2.75, 3.05) is 0 Å². The van der Waals surface area contributed by atoms with Crippen LogP contribution in [0, 0.1) is 0 Å². The van der Waals surface area contributed by atoms with Crippen molar-refractivity contribution in [3.63, 3.8) is 0 Å². The largest absolute Gasteiger partial charge is 0.0958 e.